The van der Waals surface area contributed by atoms with Crippen LogP contribution < -0.4 is 20.4 Å². The van der Waals surface area contributed by atoms with Crippen molar-refractivity contribution in [2.75, 3.05) is 0 Å². The van der Waals surface area contributed by atoms with Gasteiger partial charge in [0.2, 0.25) is 0 Å². The average Bonchev–Trinajstić information content (AvgIpc) is 1.03. The molecule has 0 N–H and O–H groups in total. The van der Waals surface area contributed by atoms with Crippen LogP contribution >= 0.6 is 0 Å². The molecule has 0 saturated carbocycles. The molecule has 544 valence electrons. The van der Waals surface area contributed by atoms with Crippen molar-refractivity contribution in [2.45, 2.75) is 419 Å². The van der Waals surface area contributed by atoms with Gasteiger partial charge in [-0.25, -0.2) is 0 Å². The molecule has 0 amide bonds. The van der Waals surface area contributed by atoms with Crippen molar-refractivity contribution in [1.82, 2.24) is 0 Å². The fourth-order valence-corrected chi connectivity index (χ4v) is 13.7. The van der Waals surface area contributed by atoms with Gasteiger partial charge in [-0.05, 0) is 103 Å². The standard InChI is InChI=1S/4C20H38O3.Sn/c4*1-5-9-13-17(19(22)23)18(21)20(14-10-6-2,15-11-7-3)16-12-8-4;/h4*17H,5-16H2,1-4H3,(H,22,23);/q;;;;+4/p-4. The summed E-state index contributed by atoms with van der Waals surface area (Å²) in [5.41, 5.74) is -1.78. The number of Topliss-reactive ketones (excluding diaryl/α,β-unsaturated/α-hetero) is 4. The van der Waals surface area contributed by atoms with Crippen LogP contribution in [0.1, 0.15) is 419 Å². The summed E-state index contributed by atoms with van der Waals surface area (Å²) in [6.07, 6.45) is 42.8. The van der Waals surface area contributed by atoms with E-state index in [1.807, 2.05) is 27.7 Å². The van der Waals surface area contributed by atoms with Gasteiger partial charge in [-0.1, -0.05) is 316 Å². The molecule has 0 saturated heterocycles. The van der Waals surface area contributed by atoms with Crippen LogP contribution in [-0.2, 0) is 38.4 Å². The van der Waals surface area contributed by atoms with Gasteiger partial charge < -0.3 is 39.6 Å². The summed E-state index contributed by atoms with van der Waals surface area (Å²) in [6, 6.07) is 0. The van der Waals surface area contributed by atoms with E-state index in [9.17, 15) is 58.8 Å². The minimum Gasteiger partial charge on any atom is -0.549 e. The smallest absolute Gasteiger partial charge is 0.549 e. The zero-order valence-electron chi connectivity index (χ0n) is 63.6. The number of carbonyl (C=O) groups excluding carboxylic acids is 8. The molecule has 4 unspecified atom stereocenters. The molecule has 12 nitrogen and oxygen atoms in total. The molecule has 0 heterocycles. The van der Waals surface area contributed by atoms with Gasteiger partial charge >= 0.3 is 23.9 Å². The van der Waals surface area contributed by atoms with Crippen molar-refractivity contribution < 1.29 is 58.8 Å². The zero-order chi connectivity index (χ0) is 70.9. The molecule has 0 aliphatic heterocycles. The number of hydrogen-bond donors (Lipinski definition) is 0. The second-order valence-electron chi connectivity index (χ2n) is 27.9. The Hall–Kier alpha value is -2.64. The number of unbranched alkanes of at least 4 members (excludes halogenated alkanes) is 16. The Balaban J connectivity index is -0.000000369. The van der Waals surface area contributed by atoms with Crippen LogP contribution in [0, 0.1) is 45.3 Å². The van der Waals surface area contributed by atoms with E-state index in [1.54, 1.807) is 0 Å². The summed E-state index contributed by atoms with van der Waals surface area (Å²) in [4.78, 5) is 99.2. The number of hydrogen-bond acceptors (Lipinski definition) is 12. The minimum absolute atomic E-state index is 0. The first-order valence-corrected chi connectivity index (χ1v) is 38.9. The van der Waals surface area contributed by atoms with E-state index in [4.69, 9.17) is 0 Å². The largest absolute Gasteiger partial charge is 4.00 e. The Kier molecular flexibility index (Phi) is 66.9. The molecular formula is C80H148O12Sn. The predicted molar refractivity (Wildman–Crippen MR) is 382 cm³/mol. The van der Waals surface area contributed by atoms with Gasteiger partial charge in [0, 0.05) is 21.7 Å². The van der Waals surface area contributed by atoms with Crippen molar-refractivity contribution in [3.8, 4) is 0 Å². The first-order chi connectivity index (χ1) is 43.9. The molecule has 0 aromatic carbocycles. The summed E-state index contributed by atoms with van der Waals surface area (Å²) in [7, 11) is 0. The van der Waals surface area contributed by atoms with Crippen molar-refractivity contribution in [3.63, 3.8) is 0 Å². The Morgan fingerprint density at radius 2 is 0.301 bits per heavy atom. The normalized spacial score (nSPS) is 12.9. The third-order valence-corrected chi connectivity index (χ3v) is 20.0. The van der Waals surface area contributed by atoms with E-state index in [1.165, 1.54) is 0 Å². The molecule has 0 aliphatic carbocycles. The summed E-state index contributed by atoms with van der Waals surface area (Å²) in [5, 5.41) is 46.3. The summed E-state index contributed by atoms with van der Waals surface area (Å²) < 4.78 is 0. The van der Waals surface area contributed by atoms with Gasteiger partial charge in [0.05, 0.1) is 47.5 Å². The van der Waals surface area contributed by atoms with Gasteiger partial charge in [-0.15, -0.1) is 0 Å². The van der Waals surface area contributed by atoms with Gasteiger partial charge in [-0.3, -0.25) is 19.2 Å². The van der Waals surface area contributed by atoms with E-state index < -0.39 is 69.2 Å². The van der Waals surface area contributed by atoms with Crippen LogP contribution in [0.25, 0.3) is 0 Å². The number of rotatable bonds is 60. The van der Waals surface area contributed by atoms with Crippen LogP contribution in [0.3, 0.4) is 0 Å². The summed E-state index contributed by atoms with van der Waals surface area (Å²) >= 11 is 0. The zero-order valence-corrected chi connectivity index (χ0v) is 66.5. The Morgan fingerprint density at radius 3 is 0.376 bits per heavy atom. The maximum Gasteiger partial charge on any atom is 4.00 e. The molecule has 0 rings (SSSR count). The third-order valence-electron chi connectivity index (χ3n) is 20.0. The third kappa shape index (κ3) is 40.8. The maximum atomic E-state index is 13.2. The van der Waals surface area contributed by atoms with E-state index in [-0.39, 0.29) is 47.0 Å². The van der Waals surface area contributed by atoms with Gasteiger partial charge in [0.25, 0.3) is 0 Å². The summed E-state index contributed by atoms with van der Waals surface area (Å²) in [5.74, 6) is -8.50. The van der Waals surface area contributed by atoms with Crippen molar-refractivity contribution in [1.29, 1.82) is 0 Å². The average molecular weight is 1420 g/mol. The van der Waals surface area contributed by atoms with Crippen LogP contribution in [0.15, 0.2) is 0 Å². The molecule has 0 radical (unpaired) electrons. The first kappa shape index (κ1) is 99.0. The minimum atomic E-state index is -1.17. The molecule has 0 aliphatic rings. The fourth-order valence-electron chi connectivity index (χ4n) is 13.7. The van der Waals surface area contributed by atoms with Crippen molar-refractivity contribution in [3.05, 3.63) is 0 Å². The van der Waals surface area contributed by atoms with E-state index in [0.29, 0.717) is 25.7 Å². The Labute approximate surface area is 590 Å². The molecular weight excluding hydrogens is 1270 g/mol. The van der Waals surface area contributed by atoms with Crippen molar-refractivity contribution in [2.24, 2.45) is 45.3 Å². The van der Waals surface area contributed by atoms with Crippen LogP contribution in [0.5, 0.6) is 0 Å². The second-order valence-corrected chi connectivity index (χ2v) is 27.9. The number of aliphatic carboxylic acids is 4. The number of carboxylic acid groups (broad SMARTS) is 4. The second kappa shape index (κ2) is 62.8. The molecule has 0 aromatic heterocycles. The van der Waals surface area contributed by atoms with Gasteiger partial charge in [0.1, 0.15) is 23.1 Å². The fraction of sp³-hybridized carbons (Fsp3) is 0.900. The topological polar surface area (TPSA) is 229 Å². The SMILES string of the molecule is CCCCC(C(=O)[O-])C(=O)C(CCCC)(CCCC)CCCC.CCCCC(C(=O)[O-])C(=O)C(CCCC)(CCCC)CCCC.CCCCC(C(=O)[O-])C(=O)C(CCCC)(CCCC)CCCC.CCCCC(C(=O)[O-])C(=O)C(CCCC)(CCCC)CCCC.[Sn+4]. The van der Waals surface area contributed by atoms with Crippen LogP contribution in [0.4, 0.5) is 0 Å². The molecule has 0 aromatic rings. The number of carboxylic acids is 4. The van der Waals surface area contributed by atoms with E-state index >= 15 is 0 Å². The number of carbonyl (C=O) groups is 8. The quantitative estimate of drug-likeness (QED) is 0.0409. The molecule has 0 fully saturated rings. The first-order valence-electron chi connectivity index (χ1n) is 38.9. The Bertz CT molecular complexity index is 1530. The monoisotopic (exact) mass is 1420 g/mol. The van der Waals surface area contributed by atoms with Gasteiger partial charge in [0.15, 0.2) is 0 Å². The number of ketones is 4. The maximum absolute atomic E-state index is 13.2. The molecule has 0 bridgehead atoms. The van der Waals surface area contributed by atoms with Gasteiger partial charge in [-0.2, -0.15) is 0 Å². The van der Waals surface area contributed by atoms with E-state index in [0.717, 1.165) is 283 Å². The van der Waals surface area contributed by atoms with E-state index in [2.05, 4.69) is 83.1 Å². The Morgan fingerprint density at radius 1 is 0.204 bits per heavy atom. The van der Waals surface area contributed by atoms with Crippen LogP contribution in [0.2, 0.25) is 0 Å². The summed E-state index contributed by atoms with van der Waals surface area (Å²) in [6.45, 7) is 33.6. The molecule has 0 spiro atoms. The molecule has 93 heavy (non-hydrogen) atoms. The van der Waals surface area contributed by atoms with Crippen molar-refractivity contribution >= 4 is 70.9 Å². The molecule has 13 heteroatoms. The van der Waals surface area contributed by atoms with Crippen LogP contribution in [-0.4, -0.2) is 70.9 Å². The molecule has 4 atom stereocenters. The predicted octanol–water partition coefficient (Wildman–Crippen LogP) is 18.3.